The molecule has 29 heavy (non-hydrogen) atoms. The van der Waals surface area contributed by atoms with Gasteiger partial charge in [0.2, 0.25) is 0 Å². The Morgan fingerprint density at radius 1 is 0.621 bits per heavy atom. The van der Waals surface area contributed by atoms with Gasteiger partial charge in [0, 0.05) is 0 Å². The minimum atomic E-state index is -4.34. The number of nitrogens with zero attached hydrogens (tertiary/aromatic N) is 1. The molecule has 0 aliphatic carbocycles. The van der Waals surface area contributed by atoms with Gasteiger partial charge in [-0.3, -0.25) is 0 Å². The summed E-state index contributed by atoms with van der Waals surface area (Å²) in [5.41, 5.74) is 2.35. The average Bonchev–Trinajstić information content (AvgIpc) is 2.69. The van der Waals surface area contributed by atoms with Gasteiger partial charge in [0.1, 0.15) is 0 Å². The van der Waals surface area contributed by atoms with Crippen LogP contribution in [0.25, 0.3) is 0 Å². The van der Waals surface area contributed by atoms with E-state index in [1.165, 1.54) is 24.3 Å². The second-order valence-corrected chi connectivity index (χ2v) is 10.8. The van der Waals surface area contributed by atoms with Crippen LogP contribution in [0.5, 0.6) is 0 Å². The van der Waals surface area contributed by atoms with Crippen molar-refractivity contribution in [3.63, 3.8) is 0 Å². The Balaban J connectivity index is 2.21. The van der Waals surface area contributed by atoms with Crippen LogP contribution in [0.1, 0.15) is 29.7 Å². The number of hydrogen-bond donors (Lipinski definition) is 0. The molecule has 152 valence electrons. The van der Waals surface area contributed by atoms with Crippen molar-refractivity contribution in [2.45, 2.75) is 36.6 Å². The molecule has 0 heterocycles. The summed E-state index contributed by atoms with van der Waals surface area (Å²) in [5, 5.41) is 0. The molecule has 0 amide bonds. The van der Waals surface area contributed by atoms with E-state index in [9.17, 15) is 16.8 Å². The van der Waals surface area contributed by atoms with E-state index in [-0.39, 0.29) is 9.79 Å². The molecule has 3 rings (SSSR count). The minimum Gasteiger partial charge on any atom is -0.206 e. The fraction of sp³-hybridized carbons (Fsp3) is 0.182. The molecule has 0 spiro atoms. The van der Waals surface area contributed by atoms with E-state index in [1.54, 1.807) is 61.5 Å². The van der Waals surface area contributed by atoms with Crippen LogP contribution in [0, 0.1) is 13.8 Å². The quantitative estimate of drug-likeness (QED) is 0.581. The maximum absolute atomic E-state index is 13.5. The Morgan fingerprint density at radius 2 is 1.00 bits per heavy atom. The summed E-state index contributed by atoms with van der Waals surface area (Å²) in [6.07, 6.45) is 0. The highest BCUT2D eigenvalue weighted by atomic mass is 32.3. The molecule has 7 heteroatoms. The number of benzene rings is 3. The molecule has 1 atom stereocenters. The molecule has 0 fully saturated rings. The van der Waals surface area contributed by atoms with E-state index in [0.29, 0.717) is 9.27 Å². The standard InChI is InChI=1S/C22H23NO4S2/c1-17-9-13-21(14-10-17)28(24,25)23(19(3)20-7-5-4-6-8-20)29(26,27)22-15-11-18(2)12-16-22/h4-16,19H,1-3H3. The predicted molar refractivity (Wildman–Crippen MR) is 113 cm³/mol. The summed E-state index contributed by atoms with van der Waals surface area (Å²) in [5.74, 6) is 0. The van der Waals surface area contributed by atoms with Gasteiger partial charge >= 0.3 is 0 Å². The van der Waals surface area contributed by atoms with Crippen LogP contribution < -0.4 is 0 Å². The average molecular weight is 430 g/mol. The molecule has 0 bridgehead atoms. The Labute approximate surface area is 172 Å². The van der Waals surface area contributed by atoms with Gasteiger partial charge in [-0.2, -0.15) is 0 Å². The topological polar surface area (TPSA) is 71.5 Å². The smallest absolute Gasteiger partial charge is 0.206 e. The van der Waals surface area contributed by atoms with Crippen LogP contribution in [0.15, 0.2) is 88.7 Å². The fourth-order valence-corrected chi connectivity index (χ4v) is 7.03. The van der Waals surface area contributed by atoms with Crippen LogP contribution in [-0.4, -0.2) is 20.5 Å². The molecule has 5 nitrogen and oxygen atoms in total. The van der Waals surface area contributed by atoms with E-state index in [4.69, 9.17) is 0 Å². The molecule has 0 N–H and O–H groups in total. The summed E-state index contributed by atoms with van der Waals surface area (Å²) in [7, 11) is -8.67. The summed E-state index contributed by atoms with van der Waals surface area (Å²) in [6, 6.07) is 20.1. The second-order valence-electron chi connectivity index (χ2n) is 6.95. The maximum Gasteiger partial charge on any atom is 0.256 e. The molecule has 0 saturated heterocycles. The Hall–Kier alpha value is -2.48. The van der Waals surface area contributed by atoms with E-state index in [2.05, 4.69) is 0 Å². The normalized spacial score (nSPS) is 13.4. The highest BCUT2D eigenvalue weighted by Crippen LogP contribution is 2.34. The van der Waals surface area contributed by atoms with E-state index in [1.807, 2.05) is 13.8 Å². The molecule has 3 aromatic rings. The zero-order valence-electron chi connectivity index (χ0n) is 16.5. The van der Waals surface area contributed by atoms with Crippen LogP contribution in [0.2, 0.25) is 0 Å². The largest absolute Gasteiger partial charge is 0.256 e. The molecular formula is C22H23NO4S2. The van der Waals surface area contributed by atoms with Crippen molar-refractivity contribution >= 4 is 20.0 Å². The first-order valence-corrected chi connectivity index (χ1v) is 12.0. The van der Waals surface area contributed by atoms with Crippen LogP contribution in [0.4, 0.5) is 0 Å². The molecule has 0 aromatic heterocycles. The monoisotopic (exact) mass is 429 g/mol. The molecule has 0 aliphatic rings. The zero-order valence-corrected chi connectivity index (χ0v) is 18.1. The van der Waals surface area contributed by atoms with Gasteiger partial charge in [-0.05, 0) is 50.6 Å². The van der Waals surface area contributed by atoms with Gasteiger partial charge in [-0.1, -0.05) is 69.4 Å². The predicted octanol–water partition coefficient (Wildman–Crippen LogP) is 4.44. The molecular weight excluding hydrogens is 406 g/mol. The van der Waals surface area contributed by atoms with Crippen LogP contribution >= 0.6 is 0 Å². The maximum atomic E-state index is 13.5. The summed E-state index contributed by atoms with van der Waals surface area (Å²) in [6.45, 7) is 5.25. The second kappa shape index (κ2) is 8.10. The fourth-order valence-electron chi connectivity index (χ4n) is 3.03. The van der Waals surface area contributed by atoms with Crippen molar-refractivity contribution < 1.29 is 16.8 Å². The van der Waals surface area contributed by atoms with Gasteiger partial charge in [-0.15, -0.1) is 0 Å². The molecule has 0 radical (unpaired) electrons. The Bertz CT molecular complexity index is 1110. The summed E-state index contributed by atoms with van der Waals surface area (Å²) in [4.78, 5) is -0.136. The number of aryl methyl sites for hydroxylation is 2. The first-order valence-electron chi connectivity index (χ1n) is 9.12. The Morgan fingerprint density at radius 3 is 1.38 bits per heavy atom. The summed E-state index contributed by atoms with van der Waals surface area (Å²) >= 11 is 0. The number of hydrogen-bond acceptors (Lipinski definition) is 4. The lowest BCUT2D eigenvalue weighted by molar-refractivity contribution is 0.448. The lowest BCUT2D eigenvalue weighted by Crippen LogP contribution is -2.39. The van der Waals surface area contributed by atoms with Crippen molar-refractivity contribution in [1.29, 1.82) is 0 Å². The van der Waals surface area contributed by atoms with Crippen molar-refractivity contribution in [2.24, 2.45) is 0 Å². The number of rotatable bonds is 6. The van der Waals surface area contributed by atoms with Gasteiger partial charge in [0.25, 0.3) is 20.0 Å². The lowest BCUT2D eigenvalue weighted by atomic mass is 10.1. The Kier molecular flexibility index (Phi) is 5.93. The van der Waals surface area contributed by atoms with E-state index in [0.717, 1.165) is 11.1 Å². The van der Waals surface area contributed by atoms with Crippen molar-refractivity contribution in [3.05, 3.63) is 95.6 Å². The molecule has 0 aliphatic heterocycles. The third-order valence-electron chi connectivity index (χ3n) is 4.71. The van der Waals surface area contributed by atoms with Gasteiger partial charge in [-0.25, -0.2) is 16.8 Å². The number of sulfonamides is 2. The van der Waals surface area contributed by atoms with Crippen molar-refractivity contribution in [1.82, 2.24) is 3.71 Å². The van der Waals surface area contributed by atoms with E-state index < -0.39 is 26.1 Å². The first-order chi connectivity index (χ1) is 13.6. The van der Waals surface area contributed by atoms with Crippen LogP contribution in [-0.2, 0) is 20.0 Å². The minimum absolute atomic E-state index is 0.0680. The summed E-state index contributed by atoms with van der Waals surface area (Å²) < 4.78 is 54.6. The SMILES string of the molecule is Cc1ccc(S(=O)(=O)N(C(C)c2ccccc2)S(=O)(=O)c2ccc(C)cc2)cc1. The molecule has 1 unspecified atom stereocenters. The highest BCUT2D eigenvalue weighted by Gasteiger charge is 2.40. The molecule has 3 aromatic carbocycles. The van der Waals surface area contributed by atoms with E-state index >= 15 is 0 Å². The van der Waals surface area contributed by atoms with Gasteiger partial charge in [0.05, 0.1) is 15.8 Å². The van der Waals surface area contributed by atoms with Crippen LogP contribution in [0.3, 0.4) is 0 Å². The third-order valence-corrected chi connectivity index (χ3v) is 9.20. The van der Waals surface area contributed by atoms with Crippen molar-refractivity contribution in [3.8, 4) is 0 Å². The first kappa shape index (κ1) is 21.2. The van der Waals surface area contributed by atoms with Gasteiger partial charge < -0.3 is 0 Å². The highest BCUT2D eigenvalue weighted by molar-refractivity contribution is 8.04. The van der Waals surface area contributed by atoms with Gasteiger partial charge in [0.15, 0.2) is 0 Å². The van der Waals surface area contributed by atoms with Crippen molar-refractivity contribution in [2.75, 3.05) is 0 Å². The molecule has 0 saturated carbocycles. The third kappa shape index (κ3) is 4.27. The lowest BCUT2D eigenvalue weighted by Gasteiger charge is -2.28. The zero-order chi connectivity index (χ0) is 21.2.